The van der Waals surface area contributed by atoms with Crippen LogP contribution in [0.5, 0.6) is 0 Å². The summed E-state index contributed by atoms with van der Waals surface area (Å²) in [7, 11) is 0. The van der Waals surface area contributed by atoms with Gasteiger partial charge >= 0.3 is 5.97 Å². The highest BCUT2D eigenvalue weighted by atomic mass is 16.4. The summed E-state index contributed by atoms with van der Waals surface area (Å²) in [4.78, 5) is 161. The second-order valence-corrected chi connectivity index (χ2v) is 21.6. The third kappa shape index (κ3) is 38.6. The Morgan fingerprint density at radius 2 is 0.576 bits per heavy atom. The molecule has 0 aromatic heterocycles. The molecule has 0 saturated heterocycles. The van der Waals surface area contributed by atoms with Gasteiger partial charge in [0.15, 0.2) is 35.8 Å². The summed E-state index contributed by atoms with van der Waals surface area (Å²) >= 11 is 0. The molecule has 0 aromatic carbocycles. The second-order valence-electron chi connectivity index (χ2n) is 21.6. The Bertz CT molecular complexity index is 2540. The van der Waals surface area contributed by atoms with Gasteiger partial charge in [-0.3, -0.25) is 73.1 Å². The lowest BCUT2D eigenvalue weighted by atomic mass is 10.00. The minimum atomic E-state index is -1.69. The SMILES string of the molecule is CC(C)[C@H](NC(=O)[C@H](CCCCN)NC(=O)[C@H](N)CCCN=C(N)N)C(=O)N[C@@H](CCCN=C(N)N)C(=O)N[C@H](CCCN=C(N)N)C(=O)N[C@@H](CCC(N)=O)C(=O)N[C@@H](CCCN=C(N)N)C(=O)N[C@@H](CCCN=C(N)N)C(=O)N[C@H](CCCN=C(N)N)C(=O)O. The molecule has 0 radical (unpaired) electrons. The summed E-state index contributed by atoms with van der Waals surface area (Å²) in [5.41, 5.74) is 83.1. The average Bonchev–Trinajstić information content (AvgIpc) is 1.06. The van der Waals surface area contributed by atoms with Crippen LogP contribution >= 0.6 is 0 Å². The summed E-state index contributed by atoms with van der Waals surface area (Å²) in [6.07, 6.45) is -0.0331. The molecular weight excluding hydrogens is 1210 g/mol. The first-order valence-electron chi connectivity index (χ1n) is 30.0. The number of nitrogens with two attached hydrogens (primary N) is 15. The van der Waals surface area contributed by atoms with Crippen molar-refractivity contribution >= 4 is 94.9 Å². The molecule has 0 aliphatic heterocycles. The first-order valence-corrected chi connectivity index (χ1v) is 30.0. The molecule has 0 spiro atoms. The standard InChI is InChI=1S/C52H103N29O11/c1-27(2)37(81-44(89)29(12-3-4-20-53)74-38(83)28(54)11-5-21-68-47(56)57)45(90)79-33(16-9-25-72-51(64)65)41(86)75-31(14-7-23-70-49(60)61)40(85)78-34(18-19-36(55)82)43(88)77-30(13-6-22-69-48(58)59)39(84)76-32(15-8-24-71-50(62)63)42(87)80-35(46(91)92)17-10-26-73-52(66)67/h27-35,37H,3-26,53-54H2,1-2H3,(H2,55,82)(H,74,83)(H,75,86)(H,76,84)(H,77,88)(H,78,85)(H,79,90)(H,80,87)(H,81,89)(H,91,92)(H4,56,57,68)(H4,58,59,69)(H4,60,61,70)(H4,62,63,71)(H4,64,65,72)(H4,66,67,73)/t28-,29+,30+,31-,32+,33+,34+,35-,37+/m1/s1. The van der Waals surface area contributed by atoms with Crippen LogP contribution in [0, 0.1) is 5.92 Å². The van der Waals surface area contributed by atoms with Gasteiger partial charge in [-0.25, -0.2) is 4.79 Å². The number of nitrogens with one attached hydrogen (secondary N) is 8. The van der Waals surface area contributed by atoms with E-state index >= 15 is 0 Å². The summed E-state index contributed by atoms with van der Waals surface area (Å²) in [5, 5.41) is 30.6. The fourth-order valence-corrected chi connectivity index (χ4v) is 8.51. The molecule has 522 valence electrons. The molecule has 0 aliphatic rings. The molecule has 9 atom stereocenters. The predicted octanol–water partition coefficient (Wildman–Crippen LogP) is -10.4. The van der Waals surface area contributed by atoms with E-state index in [1.54, 1.807) is 13.8 Å². The molecular formula is C52H103N29O11. The normalized spacial score (nSPS) is 13.7. The van der Waals surface area contributed by atoms with E-state index < -0.39 is 132 Å². The fraction of sp³-hybridized carbons (Fsp3) is 0.692. The molecule has 0 bridgehead atoms. The smallest absolute Gasteiger partial charge is 0.326 e. The topological polar surface area (TPSA) is 752 Å². The van der Waals surface area contributed by atoms with Gasteiger partial charge in [-0.05, 0) is 115 Å². The Balaban J connectivity index is 7.36. The van der Waals surface area contributed by atoms with E-state index in [1.807, 2.05) is 0 Å². The van der Waals surface area contributed by atoms with Crippen LogP contribution in [0.1, 0.15) is 123 Å². The molecule has 0 aromatic rings. The van der Waals surface area contributed by atoms with E-state index in [9.17, 15) is 53.1 Å². The summed E-state index contributed by atoms with van der Waals surface area (Å²) in [5.74, 6) is -11.7. The zero-order valence-electron chi connectivity index (χ0n) is 52.6. The third-order valence-corrected chi connectivity index (χ3v) is 13.3. The number of carboxylic acid groups (broad SMARTS) is 1. The molecule has 9 amide bonds. The zero-order chi connectivity index (χ0) is 69.9. The van der Waals surface area contributed by atoms with Crippen LogP contribution in [-0.4, -0.2) is 200 Å². The number of hydrogen-bond acceptors (Lipinski definition) is 18. The second kappa shape index (κ2) is 46.3. The number of aliphatic carboxylic acids is 1. The molecule has 40 heteroatoms. The van der Waals surface area contributed by atoms with Gasteiger partial charge in [0, 0.05) is 45.7 Å². The summed E-state index contributed by atoms with van der Waals surface area (Å²) in [6.45, 7) is 3.58. The van der Waals surface area contributed by atoms with E-state index in [1.165, 1.54) is 0 Å². The third-order valence-electron chi connectivity index (χ3n) is 13.3. The lowest BCUT2D eigenvalue weighted by Gasteiger charge is -2.29. The van der Waals surface area contributed by atoms with Crippen molar-refractivity contribution in [2.24, 2.45) is 122 Å². The molecule has 0 heterocycles. The molecule has 40 nitrogen and oxygen atoms in total. The number of carbonyl (C=O) groups is 10. The maximum absolute atomic E-state index is 14.6. The quantitative estimate of drug-likeness (QED) is 0.0153. The number of amides is 9. The van der Waals surface area contributed by atoms with Crippen molar-refractivity contribution in [3.8, 4) is 0 Å². The lowest BCUT2D eigenvalue weighted by molar-refractivity contribution is -0.142. The molecule has 0 unspecified atom stereocenters. The summed E-state index contributed by atoms with van der Waals surface area (Å²) < 4.78 is 0. The van der Waals surface area contributed by atoms with Crippen LogP contribution in [0.15, 0.2) is 30.0 Å². The molecule has 39 N–H and O–H groups in total. The van der Waals surface area contributed by atoms with Crippen molar-refractivity contribution in [2.75, 3.05) is 45.8 Å². The van der Waals surface area contributed by atoms with Crippen molar-refractivity contribution in [2.45, 2.75) is 177 Å². The van der Waals surface area contributed by atoms with E-state index in [0.717, 1.165) is 0 Å². The van der Waals surface area contributed by atoms with Gasteiger partial charge in [0.05, 0.1) is 6.04 Å². The number of unbranched alkanes of at least 4 members (excludes halogenated alkanes) is 1. The number of carboxylic acids is 1. The van der Waals surface area contributed by atoms with E-state index in [4.69, 9.17) is 86.0 Å². The van der Waals surface area contributed by atoms with Crippen LogP contribution in [0.2, 0.25) is 0 Å². The van der Waals surface area contributed by atoms with Crippen LogP contribution in [0.3, 0.4) is 0 Å². The first kappa shape index (κ1) is 82.2. The Morgan fingerprint density at radius 3 is 0.859 bits per heavy atom. The predicted molar refractivity (Wildman–Crippen MR) is 347 cm³/mol. The van der Waals surface area contributed by atoms with E-state index in [-0.39, 0.29) is 159 Å². The minimum absolute atomic E-state index is 0.0192. The van der Waals surface area contributed by atoms with Crippen molar-refractivity contribution < 1.29 is 53.1 Å². The number of carbonyl (C=O) groups excluding carboxylic acids is 9. The fourth-order valence-electron chi connectivity index (χ4n) is 8.51. The molecule has 0 saturated carbocycles. The first-order chi connectivity index (χ1) is 43.3. The summed E-state index contributed by atoms with van der Waals surface area (Å²) in [6, 6.07) is -12.8. The maximum Gasteiger partial charge on any atom is 0.326 e. The minimum Gasteiger partial charge on any atom is -0.480 e. The van der Waals surface area contributed by atoms with E-state index in [0.29, 0.717) is 19.3 Å². The lowest BCUT2D eigenvalue weighted by Crippen LogP contribution is -2.61. The number of aliphatic imine (C=N–C) groups is 6. The Kier molecular flexibility index (Phi) is 41.4. The monoisotopic (exact) mass is 1310 g/mol. The van der Waals surface area contributed by atoms with Crippen LogP contribution in [0.4, 0.5) is 0 Å². The highest BCUT2D eigenvalue weighted by Gasteiger charge is 2.36. The highest BCUT2D eigenvalue weighted by Crippen LogP contribution is 2.12. The van der Waals surface area contributed by atoms with Crippen molar-refractivity contribution in [1.82, 2.24) is 42.5 Å². The van der Waals surface area contributed by atoms with Crippen molar-refractivity contribution in [1.29, 1.82) is 0 Å². The van der Waals surface area contributed by atoms with Gasteiger partial charge in [0.1, 0.15) is 48.3 Å². The van der Waals surface area contributed by atoms with Gasteiger partial charge < -0.3 is 134 Å². The van der Waals surface area contributed by atoms with Crippen LogP contribution < -0.4 is 129 Å². The molecule has 0 rings (SSSR count). The maximum atomic E-state index is 14.6. The number of guanidine groups is 6. The van der Waals surface area contributed by atoms with Crippen LogP contribution in [-0.2, 0) is 47.9 Å². The van der Waals surface area contributed by atoms with Gasteiger partial charge in [0.25, 0.3) is 0 Å². The molecule has 0 fully saturated rings. The molecule has 0 aliphatic carbocycles. The number of hydrogen-bond donors (Lipinski definition) is 24. The number of nitrogens with zero attached hydrogens (tertiary/aromatic N) is 6. The highest BCUT2D eigenvalue weighted by molar-refractivity contribution is 5.98. The zero-order valence-corrected chi connectivity index (χ0v) is 52.6. The van der Waals surface area contributed by atoms with Crippen molar-refractivity contribution in [3.05, 3.63) is 0 Å². The Hall–Kier alpha value is -9.76. The Morgan fingerprint density at radius 1 is 0.326 bits per heavy atom. The average molecular weight is 1310 g/mol. The number of primary amides is 1. The van der Waals surface area contributed by atoms with Gasteiger partial charge in [0.2, 0.25) is 53.2 Å². The van der Waals surface area contributed by atoms with Gasteiger partial charge in [-0.1, -0.05) is 13.8 Å². The van der Waals surface area contributed by atoms with E-state index in [2.05, 4.69) is 72.5 Å². The van der Waals surface area contributed by atoms with Gasteiger partial charge in [-0.15, -0.1) is 0 Å². The largest absolute Gasteiger partial charge is 0.480 e. The number of rotatable bonds is 49. The molecule has 92 heavy (non-hydrogen) atoms. The van der Waals surface area contributed by atoms with Crippen LogP contribution in [0.25, 0.3) is 0 Å². The van der Waals surface area contributed by atoms with Crippen molar-refractivity contribution in [3.63, 3.8) is 0 Å². The Labute approximate surface area is 534 Å². The van der Waals surface area contributed by atoms with Gasteiger partial charge in [-0.2, -0.15) is 0 Å².